The first-order valence-electron chi connectivity index (χ1n) is 9.18. The number of carbonyl (C=O) groups excluding carboxylic acids is 1. The second kappa shape index (κ2) is 9.95. The molecule has 1 N–H and O–H groups in total. The van der Waals surface area contributed by atoms with Gasteiger partial charge in [0.1, 0.15) is 5.75 Å². The molecule has 0 saturated heterocycles. The number of nitrogens with zero attached hydrogens (tertiary/aromatic N) is 3. The lowest BCUT2D eigenvalue weighted by atomic mass is 10.1. The maximum absolute atomic E-state index is 12.2. The molecule has 4 rings (SSSR count). The highest BCUT2D eigenvalue weighted by atomic mass is 35.5. The van der Waals surface area contributed by atoms with Gasteiger partial charge in [-0.15, -0.1) is 21.5 Å². The van der Waals surface area contributed by atoms with Crippen LogP contribution in [0.3, 0.4) is 0 Å². The molecule has 158 valence electrons. The molecule has 2 aromatic carbocycles. The van der Waals surface area contributed by atoms with Crippen LogP contribution in [0, 0.1) is 0 Å². The Labute approximate surface area is 191 Å². The highest BCUT2D eigenvalue weighted by molar-refractivity contribution is 7.99. The molecular formula is C21H17ClN4O3S2. The van der Waals surface area contributed by atoms with Crippen molar-refractivity contribution in [1.29, 1.82) is 0 Å². The van der Waals surface area contributed by atoms with Gasteiger partial charge >= 0.3 is 0 Å². The minimum absolute atomic E-state index is 0.139. The average Bonchev–Trinajstić information content (AvgIpc) is 3.43. The predicted octanol–water partition coefficient (Wildman–Crippen LogP) is 5.18. The van der Waals surface area contributed by atoms with Gasteiger partial charge in [-0.3, -0.25) is 4.79 Å². The molecule has 0 radical (unpaired) electrons. The maximum atomic E-state index is 12.2. The first-order valence-corrected chi connectivity index (χ1v) is 11.4. The van der Waals surface area contributed by atoms with Crippen molar-refractivity contribution in [3.63, 3.8) is 0 Å². The van der Waals surface area contributed by atoms with E-state index >= 15 is 0 Å². The number of methoxy groups -OCH3 is 1. The Kier molecular flexibility index (Phi) is 6.86. The number of hydrogen-bond acceptors (Lipinski definition) is 8. The highest BCUT2D eigenvalue weighted by Crippen LogP contribution is 2.26. The van der Waals surface area contributed by atoms with E-state index in [1.807, 2.05) is 41.8 Å². The molecule has 2 heterocycles. The van der Waals surface area contributed by atoms with E-state index in [1.165, 1.54) is 23.1 Å². The van der Waals surface area contributed by atoms with Gasteiger partial charge in [-0.25, -0.2) is 4.98 Å². The SMILES string of the molecule is COc1ccc(Cc2nnc(SCC(=O)Nc3nc(-c4ccc(Cl)cc4)cs3)o2)cc1. The van der Waals surface area contributed by atoms with Crippen LogP contribution in [0.2, 0.25) is 5.02 Å². The van der Waals surface area contributed by atoms with Crippen molar-refractivity contribution in [1.82, 2.24) is 15.2 Å². The summed E-state index contributed by atoms with van der Waals surface area (Å²) in [5, 5.41) is 14.2. The number of benzene rings is 2. The minimum atomic E-state index is -0.197. The predicted molar refractivity (Wildman–Crippen MR) is 122 cm³/mol. The number of hydrogen-bond donors (Lipinski definition) is 1. The van der Waals surface area contributed by atoms with Gasteiger partial charge in [0, 0.05) is 16.0 Å². The number of rotatable bonds is 8. The Bertz CT molecular complexity index is 1160. The molecule has 31 heavy (non-hydrogen) atoms. The van der Waals surface area contributed by atoms with Crippen LogP contribution < -0.4 is 10.1 Å². The lowest BCUT2D eigenvalue weighted by molar-refractivity contribution is -0.113. The summed E-state index contributed by atoms with van der Waals surface area (Å²) in [5.41, 5.74) is 2.74. The second-order valence-corrected chi connectivity index (χ2v) is 8.59. The smallest absolute Gasteiger partial charge is 0.277 e. The van der Waals surface area contributed by atoms with E-state index in [2.05, 4.69) is 20.5 Å². The molecule has 10 heteroatoms. The monoisotopic (exact) mass is 472 g/mol. The Hall–Kier alpha value is -2.88. The molecule has 0 saturated carbocycles. The van der Waals surface area contributed by atoms with Gasteiger partial charge < -0.3 is 14.5 Å². The fraction of sp³-hybridized carbons (Fsp3) is 0.143. The number of ether oxygens (including phenoxy) is 1. The van der Waals surface area contributed by atoms with Crippen LogP contribution in [0.1, 0.15) is 11.5 Å². The third kappa shape index (κ3) is 5.84. The molecule has 0 spiro atoms. The molecular weight excluding hydrogens is 456 g/mol. The number of halogens is 1. The summed E-state index contributed by atoms with van der Waals surface area (Å²) in [5.74, 6) is 1.22. The van der Waals surface area contributed by atoms with Crippen LogP contribution >= 0.6 is 34.7 Å². The van der Waals surface area contributed by atoms with Crippen LogP contribution in [0.15, 0.2) is 63.6 Å². The molecule has 0 atom stereocenters. The zero-order valence-corrected chi connectivity index (χ0v) is 18.8. The highest BCUT2D eigenvalue weighted by Gasteiger charge is 2.12. The summed E-state index contributed by atoms with van der Waals surface area (Å²) < 4.78 is 10.8. The fourth-order valence-electron chi connectivity index (χ4n) is 2.65. The average molecular weight is 473 g/mol. The summed E-state index contributed by atoms with van der Waals surface area (Å²) in [4.78, 5) is 16.7. The Balaban J connectivity index is 1.28. The molecule has 0 bridgehead atoms. The lowest BCUT2D eigenvalue weighted by Crippen LogP contribution is -2.13. The zero-order valence-electron chi connectivity index (χ0n) is 16.4. The van der Waals surface area contributed by atoms with Gasteiger partial charge in [0.2, 0.25) is 11.8 Å². The molecule has 7 nitrogen and oxygen atoms in total. The van der Waals surface area contributed by atoms with Gasteiger partial charge in [-0.1, -0.05) is 47.6 Å². The van der Waals surface area contributed by atoms with Crippen molar-refractivity contribution in [3.8, 4) is 17.0 Å². The summed E-state index contributed by atoms with van der Waals surface area (Å²) in [6.07, 6.45) is 0.510. The fourth-order valence-corrected chi connectivity index (χ4v) is 4.10. The number of nitrogens with one attached hydrogen (secondary N) is 1. The first kappa shape index (κ1) is 21.4. The van der Waals surface area contributed by atoms with E-state index in [1.54, 1.807) is 19.2 Å². The Morgan fingerprint density at radius 3 is 2.68 bits per heavy atom. The van der Waals surface area contributed by atoms with Crippen LogP contribution in [0.5, 0.6) is 5.75 Å². The van der Waals surface area contributed by atoms with Gasteiger partial charge in [0.15, 0.2) is 5.13 Å². The summed E-state index contributed by atoms with van der Waals surface area (Å²) in [6.45, 7) is 0. The van der Waals surface area contributed by atoms with E-state index in [9.17, 15) is 4.79 Å². The lowest BCUT2D eigenvalue weighted by Gasteiger charge is -2.01. The van der Waals surface area contributed by atoms with E-state index in [0.717, 1.165) is 22.6 Å². The number of carbonyl (C=O) groups is 1. The van der Waals surface area contributed by atoms with E-state index in [4.69, 9.17) is 20.8 Å². The van der Waals surface area contributed by atoms with Crippen LogP contribution in [0.25, 0.3) is 11.3 Å². The topological polar surface area (TPSA) is 90.1 Å². The van der Waals surface area contributed by atoms with Crippen molar-refractivity contribution in [2.45, 2.75) is 11.6 Å². The molecule has 0 aliphatic rings. The number of amides is 1. The van der Waals surface area contributed by atoms with Crippen molar-refractivity contribution in [3.05, 3.63) is 70.4 Å². The van der Waals surface area contributed by atoms with Gasteiger partial charge in [0.25, 0.3) is 5.22 Å². The summed E-state index contributed by atoms with van der Waals surface area (Å²) in [7, 11) is 1.62. The van der Waals surface area contributed by atoms with Crippen LogP contribution in [-0.2, 0) is 11.2 Å². The number of aromatic nitrogens is 3. The Morgan fingerprint density at radius 1 is 1.16 bits per heavy atom. The van der Waals surface area contributed by atoms with E-state index in [-0.39, 0.29) is 11.7 Å². The van der Waals surface area contributed by atoms with Crippen molar-refractivity contribution in [2.24, 2.45) is 0 Å². The van der Waals surface area contributed by atoms with E-state index < -0.39 is 0 Å². The minimum Gasteiger partial charge on any atom is -0.497 e. The second-order valence-electron chi connectivity index (χ2n) is 6.37. The molecule has 0 unspecified atom stereocenters. The first-order chi connectivity index (χ1) is 15.1. The Morgan fingerprint density at radius 2 is 1.94 bits per heavy atom. The van der Waals surface area contributed by atoms with Crippen molar-refractivity contribution in [2.75, 3.05) is 18.2 Å². The number of thioether (sulfide) groups is 1. The third-order valence-electron chi connectivity index (χ3n) is 4.18. The van der Waals surface area contributed by atoms with Crippen LogP contribution in [-0.4, -0.2) is 34.0 Å². The molecule has 0 fully saturated rings. The normalized spacial score (nSPS) is 10.8. The summed E-state index contributed by atoms with van der Waals surface area (Å²) >= 11 is 8.45. The van der Waals surface area contributed by atoms with Gasteiger partial charge in [-0.2, -0.15) is 0 Å². The third-order valence-corrected chi connectivity index (χ3v) is 6.01. The van der Waals surface area contributed by atoms with Crippen LogP contribution in [0.4, 0.5) is 5.13 Å². The molecule has 2 aromatic heterocycles. The molecule has 1 amide bonds. The molecule has 0 aliphatic heterocycles. The summed E-state index contributed by atoms with van der Waals surface area (Å²) in [6, 6.07) is 15.0. The van der Waals surface area contributed by atoms with Crippen molar-refractivity contribution >= 4 is 45.7 Å². The van der Waals surface area contributed by atoms with Gasteiger partial charge in [0.05, 0.1) is 25.0 Å². The van der Waals surface area contributed by atoms with Crippen molar-refractivity contribution < 1.29 is 13.9 Å². The quantitative estimate of drug-likeness (QED) is 0.353. The zero-order chi connectivity index (χ0) is 21.6. The maximum Gasteiger partial charge on any atom is 0.277 e. The standard InChI is InChI=1S/C21H17ClN4O3S2/c1-28-16-8-2-13(3-9-16)10-19-25-26-21(29-19)31-12-18(27)24-20-23-17(11-30-20)14-4-6-15(22)7-5-14/h2-9,11H,10,12H2,1H3,(H,23,24,27). The number of thiazole rings is 1. The number of anilines is 1. The molecule has 0 aliphatic carbocycles. The van der Waals surface area contributed by atoms with Gasteiger partial charge in [-0.05, 0) is 29.8 Å². The largest absolute Gasteiger partial charge is 0.497 e. The van der Waals surface area contributed by atoms with E-state index in [0.29, 0.717) is 27.7 Å². The molecule has 4 aromatic rings.